The largest absolute Gasteiger partial charge is 0.465 e. The van der Waals surface area contributed by atoms with Crippen molar-refractivity contribution in [1.82, 2.24) is 19.9 Å². The Morgan fingerprint density at radius 1 is 1.19 bits per heavy atom. The lowest BCUT2D eigenvalue weighted by molar-refractivity contribution is -0.135. The second-order valence-corrected chi connectivity index (χ2v) is 8.05. The van der Waals surface area contributed by atoms with Crippen LogP contribution < -0.4 is 16.4 Å². The number of amides is 2. The third-order valence-corrected chi connectivity index (χ3v) is 5.73. The van der Waals surface area contributed by atoms with E-state index in [1.165, 1.54) is 18.0 Å². The van der Waals surface area contributed by atoms with Gasteiger partial charge >= 0.3 is 6.09 Å². The monoisotopic (exact) mass is 421 g/mol. The number of hydrogen-bond donors (Lipinski definition) is 3. The van der Waals surface area contributed by atoms with Crippen LogP contribution in [0.5, 0.6) is 0 Å². The summed E-state index contributed by atoms with van der Waals surface area (Å²) in [6, 6.07) is 3.48. The second kappa shape index (κ2) is 7.08. The molecule has 4 heterocycles. The number of nitrogen functional groups attached to an aromatic ring is 2. The fraction of sp³-hybridized carbons (Fsp3) is 0.286. The summed E-state index contributed by atoms with van der Waals surface area (Å²) in [7, 11) is 0. The summed E-state index contributed by atoms with van der Waals surface area (Å²) in [5.74, 6) is 0.432. The standard InChI is InChI=1S/C21H23N7O3/c1-11-14(6-24-8-16(11)22)17-4-13-5-18(25-7-15(13)19(23)26-17)28(20(30)31)21(3)9-27(10-21)12(2)29/h4-8H,9-10,22H2,1-3H3,(H2,23,26)(H,30,31). The molecule has 0 spiro atoms. The minimum atomic E-state index is -1.14. The minimum Gasteiger partial charge on any atom is -0.465 e. The van der Waals surface area contributed by atoms with Crippen molar-refractivity contribution < 1.29 is 14.7 Å². The maximum absolute atomic E-state index is 12.1. The number of aromatic nitrogens is 3. The Morgan fingerprint density at radius 2 is 1.90 bits per heavy atom. The van der Waals surface area contributed by atoms with E-state index in [1.807, 2.05) is 13.0 Å². The molecule has 3 aromatic heterocycles. The van der Waals surface area contributed by atoms with Gasteiger partial charge in [-0.1, -0.05) is 0 Å². The van der Waals surface area contributed by atoms with Gasteiger partial charge in [-0.3, -0.25) is 14.7 Å². The van der Waals surface area contributed by atoms with Crippen LogP contribution in [0.1, 0.15) is 19.4 Å². The van der Waals surface area contributed by atoms with Crippen molar-refractivity contribution in [3.63, 3.8) is 0 Å². The molecule has 1 aliphatic rings. The molecule has 4 rings (SSSR count). The molecule has 0 saturated carbocycles. The summed E-state index contributed by atoms with van der Waals surface area (Å²) >= 11 is 0. The van der Waals surface area contributed by atoms with E-state index >= 15 is 0 Å². The number of carbonyl (C=O) groups excluding carboxylic acids is 1. The van der Waals surface area contributed by atoms with Gasteiger partial charge in [-0.05, 0) is 36.9 Å². The molecule has 0 aliphatic carbocycles. The third-order valence-electron chi connectivity index (χ3n) is 5.73. The second-order valence-electron chi connectivity index (χ2n) is 8.05. The van der Waals surface area contributed by atoms with Gasteiger partial charge in [-0.25, -0.2) is 14.8 Å². The van der Waals surface area contributed by atoms with Crippen LogP contribution in [0.3, 0.4) is 0 Å². The van der Waals surface area contributed by atoms with E-state index in [1.54, 1.807) is 30.3 Å². The zero-order chi connectivity index (χ0) is 22.5. The predicted octanol–water partition coefficient (Wildman–Crippen LogP) is 2.27. The molecule has 3 aromatic rings. The normalized spacial score (nSPS) is 14.9. The molecule has 1 fully saturated rings. The molecule has 31 heavy (non-hydrogen) atoms. The van der Waals surface area contributed by atoms with Crippen molar-refractivity contribution in [2.75, 3.05) is 29.5 Å². The summed E-state index contributed by atoms with van der Waals surface area (Å²) in [6.45, 7) is 5.72. The van der Waals surface area contributed by atoms with Gasteiger partial charge in [-0.15, -0.1) is 0 Å². The molecule has 160 valence electrons. The van der Waals surface area contributed by atoms with Crippen LogP contribution in [-0.4, -0.2) is 55.6 Å². The van der Waals surface area contributed by atoms with Crippen molar-refractivity contribution in [2.24, 2.45) is 0 Å². The highest BCUT2D eigenvalue weighted by Crippen LogP contribution is 2.35. The van der Waals surface area contributed by atoms with Crippen molar-refractivity contribution in [1.29, 1.82) is 0 Å². The molecular formula is C21H23N7O3. The molecule has 1 saturated heterocycles. The van der Waals surface area contributed by atoms with E-state index in [4.69, 9.17) is 11.5 Å². The van der Waals surface area contributed by atoms with Crippen LogP contribution in [0.15, 0.2) is 30.7 Å². The number of rotatable bonds is 3. The van der Waals surface area contributed by atoms with Gasteiger partial charge in [0.05, 0.1) is 23.1 Å². The number of pyridine rings is 3. The van der Waals surface area contributed by atoms with Gasteiger partial charge in [0, 0.05) is 43.4 Å². The van der Waals surface area contributed by atoms with Crippen molar-refractivity contribution in [3.8, 4) is 11.3 Å². The van der Waals surface area contributed by atoms with E-state index in [0.717, 1.165) is 11.1 Å². The first kappa shape index (κ1) is 20.3. The number of carboxylic acid groups (broad SMARTS) is 1. The Morgan fingerprint density at radius 3 is 2.55 bits per heavy atom. The minimum absolute atomic E-state index is 0.0936. The lowest BCUT2D eigenvalue weighted by atomic mass is 9.90. The maximum Gasteiger partial charge on any atom is 0.413 e. The number of nitrogens with zero attached hydrogens (tertiary/aromatic N) is 5. The fourth-order valence-corrected chi connectivity index (χ4v) is 3.97. The summed E-state index contributed by atoms with van der Waals surface area (Å²) in [5, 5.41) is 11.2. The first-order valence-electron chi connectivity index (χ1n) is 9.66. The van der Waals surface area contributed by atoms with E-state index in [9.17, 15) is 14.7 Å². The Labute approximate surface area is 178 Å². The molecule has 2 amide bonds. The average Bonchev–Trinajstić information content (AvgIpc) is 2.67. The molecule has 0 unspecified atom stereocenters. The van der Waals surface area contributed by atoms with Crippen LogP contribution in [0.25, 0.3) is 22.0 Å². The summed E-state index contributed by atoms with van der Waals surface area (Å²) in [4.78, 5) is 39.4. The van der Waals surface area contributed by atoms with Crippen molar-refractivity contribution in [2.45, 2.75) is 26.3 Å². The molecular weight excluding hydrogens is 398 g/mol. The topological polar surface area (TPSA) is 152 Å². The third kappa shape index (κ3) is 3.35. The Bertz CT molecular complexity index is 1220. The first-order valence-corrected chi connectivity index (χ1v) is 9.66. The Hall–Kier alpha value is -3.95. The molecule has 0 aromatic carbocycles. The molecule has 0 bridgehead atoms. The van der Waals surface area contributed by atoms with E-state index < -0.39 is 11.6 Å². The van der Waals surface area contributed by atoms with E-state index in [-0.39, 0.29) is 17.5 Å². The number of carbonyl (C=O) groups is 2. The first-order chi connectivity index (χ1) is 14.6. The molecule has 0 radical (unpaired) electrons. The molecule has 10 nitrogen and oxygen atoms in total. The van der Waals surface area contributed by atoms with Gasteiger partial charge in [0.1, 0.15) is 11.6 Å². The highest BCUT2D eigenvalue weighted by Gasteiger charge is 2.48. The molecule has 0 atom stereocenters. The molecule has 1 aliphatic heterocycles. The highest BCUT2D eigenvalue weighted by molar-refractivity contribution is 5.97. The zero-order valence-electron chi connectivity index (χ0n) is 17.5. The van der Waals surface area contributed by atoms with Gasteiger partial charge in [-0.2, -0.15) is 0 Å². The number of fused-ring (bicyclic) bond motifs is 1. The van der Waals surface area contributed by atoms with Gasteiger partial charge in [0.2, 0.25) is 5.91 Å². The van der Waals surface area contributed by atoms with E-state index in [0.29, 0.717) is 35.2 Å². The molecule has 10 heteroatoms. The van der Waals surface area contributed by atoms with Crippen molar-refractivity contribution in [3.05, 3.63) is 36.3 Å². The smallest absolute Gasteiger partial charge is 0.413 e. The van der Waals surface area contributed by atoms with Gasteiger partial charge in [0.15, 0.2) is 0 Å². The lowest BCUT2D eigenvalue weighted by Crippen LogP contribution is -2.71. The van der Waals surface area contributed by atoms with Crippen LogP contribution in [0, 0.1) is 6.92 Å². The quantitative estimate of drug-likeness (QED) is 0.582. The van der Waals surface area contributed by atoms with Crippen LogP contribution in [-0.2, 0) is 4.79 Å². The predicted molar refractivity (Wildman–Crippen MR) is 117 cm³/mol. The summed E-state index contributed by atoms with van der Waals surface area (Å²) < 4.78 is 0. The van der Waals surface area contributed by atoms with Crippen LogP contribution in [0.2, 0.25) is 0 Å². The lowest BCUT2D eigenvalue weighted by Gasteiger charge is -2.52. The van der Waals surface area contributed by atoms with Crippen molar-refractivity contribution >= 4 is 40.1 Å². The van der Waals surface area contributed by atoms with Crippen LogP contribution in [0.4, 0.5) is 22.1 Å². The van der Waals surface area contributed by atoms with E-state index in [2.05, 4.69) is 15.0 Å². The number of nitrogens with two attached hydrogens (primary N) is 2. The van der Waals surface area contributed by atoms with Gasteiger partial charge < -0.3 is 21.5 Å². The average molecular weight is 421 g/mol. The summed E-state index contributed by atoms with van der Waals surface area (Å²) in [6.07, 6.45) is 3.61. The number of anilines is 3. The Kier molecular flexibility index (Phi) is 4.64. The summed E-state index contributed by atoms with van der Waals surface area (Å²) in [5.41, 5.74) is 14.1. The van der Waals surface area contributed by atoms with Crippen LogP contribution >= 0.6 is 0 Å². The van der Waals surface area contributed by atoms with Gasteiger partial charge in [0.25, 0.3) is 0 Å². The maximum atomic E-state index is 12.1. The molecule has 5 N–H and O–H groups in total. The highest BCUT2D eigenvalue weighted by atomic mass is 16.4. The number of likely N-dealkylation sites (tertiary alicyclic amines) is 1. The fourth-order valence-electron chi connectivity index (χ4n) is 3.97. The SMILES string of the molecule is CC(=O)N1CC(C)(N(C(=O)O)c2cc3cc(-c4cncc(N)c4C)nc(N)c3cn2)C1. The number of hydrogen-bond acceptors (Lipinski definition) is 7. The Balaban J connectivity index is 1.80. The zero-order valence-corrected chi connectivity index (χ0v) is 17.5.